The molecule has 0 atom stereocenters. The van der Waals surface area contributed by atoms with Crippen LogP contribution in [0.2, 0.25) is 0 Å². The Bertz CT molecular complexity index is 763. The van der Waals surface area contributed by atoms with Crippen molar-refractivity contribution in [1.29, 1.82) is 0 Å². The first kappa shape index (κ1) is 18.1. The van der Waals surface area contributed by atoms with Crippen LogP contribution in [-0.4, -0.2) is 38.0 Å². The lowest BCUT2D eigenvalue weighted by atomic mass is 10.4. The van der Waals surface area contributed by atoms with Gasteiger partial charge in [-0.25, -0.2) is 18.1 Å². The Morgan fingerprint density at radius 3 is 2.65 bits per heavy atom. The van der Waals surface area contributed by atoms with E-state index < -0.39 is 10.0 Å². The third-order valence-electron chi connectivity index (χ3n) is 2.73. The molecule has 0 bridgehead atoms. The molecule has 0 unspecified atom stereocenters. The summed E-state index contributed by atoms with van der Waals surface area (Å²) in [5, 5.41) is 6.14. The predicted molar refractivity (Wildman–Crippen MR) is 96.6 cm³/mol. The van der Waals surface area contributed by atoms with Crippen molar-refractivity contribution < 1.29 is 8.42 Å². The minimum absolute atomic E-state index is 0.242. The van der Waals surface area contributed by atoms with E-state index in [9.17, 15) is 8.42 Å². The van der Waals surface area contributed by atoms with E-state index in [1.165, 1.54) is 11.3 Å². The number of rotatable bonds is 8. The molecule has 0 amide bonds. The Kier molecular flexibility index (Phi) is 6.33. The molecule has 7 nitrogen and oxygen atoms in total. The summed E-state index contributed by atoms with van der Waals surface area (Å²) in [5.74, 6) is 1.21. The van der Waals surface area contributed by atoms with Crippen LogP contribution in [0.25, 0.3) is 0 Å². The average molecular weight is 420 g/mol. The topological polar surface area (TPSA) is 96.0 Å². The molecule has 0 aliphatic carbocycles. The van der Waals surface area contributed by atoms with Gasteiger partial charge < -0.3 is 10.6 Å². The largest absolute Gasteiger partial charge is 0.370 e. The summed E-state index contributed by atoms with van der Waals surface area (Å²) in [7, 11) is -3.47. The molecule has 0 fully saturated rings. The van der Waals surface area contributed by atoms with Crippen LogP contribution in [0.5, 0.6) is 0 Å². The second-order valence-electron chi connectivity index (χ2n) is 4.63. The van der Waals surface area contributed by atoms with E-state index in [-0.39, 0.29) is 10.8 Å². The summed E-state index contributed by atoms with van der Waals surface area (Å²) in [6.45, 7) is 5.27. The van der Waals surface area contributed by atoms with E-state index in [0.29, 0.717) is 12.5 Å². The molecular formula is C13H18BrN5O2S2. The number of halogens is 1. The molecule has 0 aliphatic rings. The zero-order chi connectivity index (χ0) is 16.9. The lowest BCUT2D eigenvalue weighted by Gasteiger charge is -2.09. The fourth-order valence-electron chi connectivity index (χ4n) is 1.79. The quantitative estimate of drug-likeness (QED) is 0.568. The molecule has 2 aromatic heterocycles. The van der Waals surface area contributed by atoms with E-state index in [1.54, 1.807) is 12.1 Å². The standard InChI is InChI=1S/C13H18BrN5O2S2/c1-3-15-11-8-9(2)18-13(19-11)16-6-7-17-23(20,21)12-5-4-10(14)22-12/h4-5,8,17H,3,6-7H2,1-2H3,(H2,15,16,18,19). The first-order valence-corrected chi connectivity index (χ1v) is 10.1. The maximum absolute atomic E-state index is 12.1. The minimum Gasteiger partial charge on any atom is -0.370 e. The van der Waals surface area contributed by atoms with Crippen molar-refractivity contribution in [3.8, 4) is 0 Å². The van der Waals surface area contributed by atoms with Gasteiger partial charge in [-0.2, -0.15) is 4.98 Å². The van der Waals surface area contributed by atoms with Crippen LogP contribution in [0.3, 0.4) is 0 Å². The van der Waals surface area contributed by atoms with Gasteiger partial charge in [0.25, 0.3) is 0 Å². The number of hydrogen-bond donors (Lipinski definition) is 3. The van der Waals surface area contributed by atoms with Crippen LogP contribution in [0.15, 0.2) is 26.2 Å². The molecule has 2 aromatic rings. The highest BCUT2D eigenvalue weighted by atomic mass is 79.9. The Morgan fingerprint density at radius 2 is 2.00 bits per heavy atom. The van der Waals surface area contributed by atoms with E-state index in [1.807, 2.05) is 19.9 Å². The summed E-state index contributed by atoms with van der Waals surface area (Å²) >= 11 is 4.43. The maximum atomic E-state index is 12.1. The number of hydrogen-bond acceptors (Lipinski definition) is 7. The van der Waals surface area contributed by atoms with Gasteiger partial charge in [0.2, 0.25) is 16.0 Å². The monoisotopic (exact) mass is 419 g/mol. The molecule has 0 saturated heterocycles. The summed E-state index contributed by atoms with van der Waals surface area (Å²) < 4.78 is 27.7. The van der Waals surface area contributed by atoms with Crippen LogP contribution in [0, 0.1) is 6.92 Å². The minimum atomic E-state index is -3.47. The van der Waals surface area contributed by atoms with Crippen molar-refractivity contribution in [2.75, 3.05) is 30.3 Å². The van der Waals surface area contributed by atoms with E-state index in [4.69, 9.17) is 0 Å². The first-order valence-electron chi connectivity index (χ1n) is 6.99. The second kappa shape index (κ2) is 8.04. The fourth-order valence-corrected chi connectivity index (χ4v) is 4.88. The zero-order valence-electron chi connectivity index (χ0n) is 12.8. The Morgan fingerprint density at radius 1 is 1.22 bits per heavy atom. The molecule has 0 aromatic carbocycles. The van der Waals surface area contributed by atoms with E-state index in [0.717, 1.165) is 21.8 Å². The van der Waals surface area contributed by atoms with Crippen molar-refractivity contribution >= 4 is 49.1 Å². The van der Waals surface area contributed by atoms with Crippen LogP contribution in [-0.2, 0) is 10.0 Å². The van der Waals surface area contributed by atoms with E-state index in [2.05, 4.69) is 41.3 Å². The number of anilines is 2. The normalized spacial score (nSPS) is 11.4. The van der Waals surface area contributed by atoms with Crippen LogP contribution >= 0.6 is 27.3 Å². The first-order chi connectivity index (χ1) is 10.9. The molecule has 126 valence electrons. The smallest absolute Gasteiger partial charge is 0.250 e. The summed E-state index contributed by atoms with van der Waals surface area (Å²) in [6, 6.07) is 5.13. The molecule has 0 radical (unpaired) electrons. The molecule has 23 heavy (non-hydrogen) atoms. The number of nitrogens with one attached hydrogen (secondary N) is 3. The lowest BCUT2D eigenvalue weighted by Crippen LogP contribution is -2.28. The third-order valence-corrected chi connectivity index (χ3v) is 6.30. The van der Waals surface area contributed by atoms with Crippen molar-refractivity contribution in [2.45, 2.75) is 18.1 Å². The number of aromatic nitrogens is 2. The fraction of sp³-hybridized carbons (Fsp3) is 0.385. The van der Waals surface area contributed by atoms with Crippen molar-refractivity contribution in [2.24, 2.45) is 0 Å². The number of thiophene rings is 1. The van der Waals surface area contributed by atoms with Crippen molar-refractivity contribution in [3.05, 3.63) is 27.7 Å². The molecule has 10 heteroatoms. The van der Waals surface area contributed by atoms with E-state index >= 15 is 0 Å². The maximum Gasteiger partial charge on any atom is 0.250 e. The van der Waals surface area contributed by atoms with Gasteiger partial charge in [0.05, 0.1) is 3.79 Å². The van der Waals surface area contributed by atoms with Crippen LogP contribution < -0.4 is 15.4 Å². The Balaban J connectivity index is 1.88. The van der Waals surface area contributed by atoms with Gasteiger partial charge in [-0.15, -0.1) is 11.3 Å². The van der Waals surface area contributed by atoms with Gasteiger partial charge in [0, 0.05) is 31.4 Å². The second-order valence-corrected chi connectivity index (χ2v) is 9.09. The molecule has 0 spiro atoms. The molecule has 2 rings (SSSR count). The van der Waals surface area contributed by atoms with Gasteiger partial charge in [-0.3, -0.25) is 0 Å². The number of sulfonamides is 1. The highest BCUT2D eigenvalue weighted by Crippen LogP contribution is 2.25. The van der Waals surface area contributed by atoms with Crippen LogP contribution in [0.4, 0.5) is 11.8 Å². The lowest BCUT2D eigenvalue weighted by molar-refractivity contribution is 0.585. The average Bonchev–Trinajstić information content (AvgIpc) is 2.91. The third kappa shape index (κ3) is 5.41. The van der Waals surface area contributed by atoms with Gasteiger partial charge in [0.1, 0.15) is 10.0 Å². The Hall–Kier alpha value is -1.23. The Labute approximate surface area is 148 Å². The van der Waals surface area contributed by atoms with Crippen molar-refractivity contribution in [3.63, 3.8) is 0 Å². The van der Waals surface area contributed by atoms with Crippen LogP contribution in [0.1, 0.15) is 12.6 Å². The van der Waals surface area contributed by atoms with Gasteiger partial charge in [0.15, 0.2) is 0 Å². The zero-order valence-corrected chi connectivity index (χ0v) is 16.0. The summed E-state index contributed by atoms with van der Waals surface area (Å²) in [4.78, 5) is 8.57. The molecule has 0 saturated carbocycles. The summed E-state index contributed by atoms with van der Waals surface area (Å²) in [5.41, 5.74) is 0.836. The highest BCUT2D eigenvalue weighted by molar-refractivity contribution is 9.11. The van der Waals surface area contributed by atoms with Gasteiger partial charge in [-0.05, 0) is 41.9 Å². The molecule has 3 N–H and O–H groups in total. The van der Waals surface area contributed by atoms with Gasteiger partial charge in [-0.1, -0.05) is 0 Å². The molecule has 2 heterocycles. The van der Waals surface area contributed by atoms with Crippen molar-refractivity contribution in [1.82, 2.24) is 14.7 Å². The molecule has 0 aliphatic heterocycles. The van der Waals surface area contributed by atoms with Gasteiger partial charge >= 0.3 is 0 Å². The SMILES string of the molecule is CCNc1cc(C)nc(NCCNS(=O)(=O)c2ccc(Br)s2)n1. The predicted octanol–water partition coefficient (Wildman–Crippen LogP) is 2.43. The highest BCUT2D eigenvalue weighted by Gasteiger charge is 2.15. The molecular weight excluding hydrogens is 402 g/mol. The summed E-state index contributed by atoms with van der Waals surface area (Å²) in [6.07, 6.45) is 0. The number of aryl methyl sites for hydroxylation is 1. The number of nitrogens with zero attached hydrogens (tertiary/aromatic N) is 2.